The van der Waals surface area contributed by atoms with Crippen LogP contribution in [0.4, 0.5) is 17.1 Å². The second-order valence-electron chi connectivity index (χ2n) is 10.7. The Bertz CT molecular complexity index is 1280. The van der Waals surface area contributed by atoms with Gasteiger partial charge >= 0.3 is 6.15 Å². The van der Waals surface area contributed by atoms with E-state index in [0.29, 0.717) is 0 Å². The van der Waals surface area contributed by atoms with Crippen LogP contribution in [0.1, 0.15) is 76.1 Å². The van der Waals surface area contributed by atoms with Gasteiger partial charge in [0, 0.05) is 17.7 Å². The lowest BCUT2D eigenvalue weighted by atomic mass is 9.62. The van der Waals surface area contributed by atoms with Gasteiger partial charge in [0.05, 0.1) is 22.8 Å². The van der Waals surface area contributed by atoms with E-state index in [1.165, 1.54) is 46.5 Å². The van der Waals surface area contributed by atoms with Crippen molar-refractivity contribution in [3.63, 3.8) is 0 Å². The van der Waals surface area contributed by atoms with Crippen molar-refractivity contribution < 1.29 is 9.59 Å². The Hall–Kier alpha value is -3.49. The summed E-state index contributed by atoms with van der Waals surface area (Å²) in [5.41, 5.74) is 10.4. The number of fused-ring (bicyclic) bond motifs is 3. The normalized spacial score (nSPS) is 16.8. The Morgan fingerprint density at radius 2 is 1.40 bits per heavy atom. The number of para-hydroxylation sites is 2. The molecule has 0 bridgehead atoms. The summed E-state index contributed by atoms with van der Waals surface area (Å²) < 4.78 is 0. The summed E-state index contributed by atoms with van der Waals surface area (Å²) in [4.78, 5) is 24.0. The first-order valence-corrected chi connectivity index (χ1v) is 12.4. The van der Waals surface area contributed by atoms with Crippen LogP contribution in [0.2, 0.25) is 0 Å². The minimum Gasteiger partial charge on any atom is -0.339 e. The summed E-state index contributed by atoms with van der Waals surface area (Å²) in [6, 6.07) is 24.3. The number of nitrogens with zero attached hydrogens (tertiary/aromatic N) is 2. The molecule has 0 fully saturated rings. The average Bonchev–Trinajstić information content (AvgIpc) is 2.98. The summed E-state index contributed by atoms with van der Waals surface area (Å²) >= 11 is 0. The van der Waals surface area contributed by atoms with Crippen LogP contribution in [-0.2, 0) is 20.4 Å². The topological polar surface area (TPSA) is 49.7 Å². The van der Waals surface area contributed by atoms with Gasteiger partial charge in [0.2, 0.25) is 0 Å². The van der Waals surface area contributed by atoms with Crippen molar-refractivity contribution in [1.82, 2.24) is 0 Å². The molecule has 0 radical (unpaired) electrons. The number of hydrogen-bond donors (Lipinski definition) is 0. The standard InChI is InChI=1S/C30H34N2.CO2/c1-6-18-32-26-15-11-10-14-25(26)31-28(21-12-8-7-9-13-21)22-19-23-24(20-27(22)32)30(4,5)17-16-29(23,2)3;2-1-3/h7-15,19-20H,6,16-18H2,1-5H3;. The molecule has 0 N–H and O–H groups in total. The molecule has 4 nitrogen and oxygen atoms in total. The van der Waals surface area contributed by atoms with Crippen LogP contribution in [-0.4, -0.2) is 18.4 Å². The predicted octanol–water partition coefficient (Wildman–Crippen LogP) is 7.48. The van der Waals surface area contributed by atoms with Crippen molar-refractivity contribution >= 4 is 28.9 Å². The molecule has 0 atom stereocenters. The van der Waals surface area contributed by atoms with Crippen LogP contribution in [0, 0.1) is 0 Å². The predicted molar refractivity (Wildman–Crippen MR) is 142 cm³/mol. The maximum absolute atomic E-state index is 8.12. The van der Waals surface area contributed by atoms with Gasteiger partial charge in [-0.2, -0.15) is 9.59 Å². The van der Waals surface area contributed by atoms with Gasteiger partial charge in [-0.3, -0.25) is 0 Å². The number of carbonyl (C=O) groups excluding carboxylic acids is 2. The number of aliphatic imine (C=N–C) groups is 1. The van der Waals surface area contributed by atoms with Crippen molar-refractivity contribution in [2.24, 2.45) is 4.99 Å². The van der Waals surface area contributed by atoms with E-state index in [4.69, 9.17) is 14.6 Å². The minimum atomic E-state index is 0.163. The first kappa shape index (κ1) is 24.6. The van der Waals surface area contributed by atoms with Crippen LogP contribution in [0.25, 0.3) is 0 Å². The molecule has 180 valence electrons. The summed E-state index contributed by atoms with van der Waals surface area (Å²) in [5, 5.41) is 0. The Morgan fingerprint density at radius 1 is 0.829 bits per heavy atom. The zero-order valence-electron chi connectivity index (χ0n) is 21.4. The lowest BCUT2D eigenvalue weighted by molar-refractivity contribution is -0.191. The van der Waals surface area contributed by atoms with E-state index in [1.807, 2.05) is 0 Å². The summed E-state index contributed by atoms with van der Waals surface area (Å²) in [5.74, 6) is 0. The van der Waals surface area contributed by atoms with Crippen molar-refractivity contribution in [2.45, 2.75) is 64.7 Å². The number of benzene rings is 3. The third-order valence-corrected chi connectivity index (χ3v) is 7.41. The zero-order valence-corrected chi connectivity index (χ0v) is 21.4. The molecular weight excluding hydrogens is 432 g/mol. The van der Waals surface area contributed by atoms with Crippen molar-refractivity contribution in [1.29, 1.82) is 0 Å². The molecule has 0 saturated heterocycles. The van der Waals surface area contributed by atoms with E-state index in [2.05, 4.69) is 106 Å². The molecule has 4 heteroatoms. The van der Waals surface area contributed by atoms with E-state index in [1.54, 1.807) is 0 Å². The highest BCUT2D eigenvalue weighted by atomic mass is 16.2. The van der Waals surface area contributed by atoms with E-state index >= 15 is 0 Å². The van der Waals surface area contributed by atoms with Gasteiger partial charge in [-0.05, 0) is 65.5 Å². The fraction of sp³-hybridized carbons (Fsp3) is 0.355. The van der Waals surface area contributed by atoms with Gasteiger partial charge in [-0.1, -0.05) is 77.1 Å². The molecule has 2 aliphatic rings. The van der Waals surface area contributed by atoms with E-state index < -0.39 is 0 Å². The third-order valence-electron chi connectivity index (χ3n) is 7.41. The largest absolute Gasteiger partial charge is 0.373 e. The summed E-state index contributed by atoms with van der Waals surface area (Å²) in [6.07, 6.45) is 3.76. The Kier molecular flexibility index (Phi) is 6.78. The molecule has 0 spiro atoms. The Labute approximate surface area is 208 Å². The summed E-state index contributed by atoms with van der Waals surface area (Å²) in [7, 11) is 0. The fourth-order valence-electron chi connectivity index (χ4n) is 5.39. The first-order chi connectivity index (χ1) is 16.7. The second-order valence-corrected chi connectivity index (χ2v) is 10.7. The maximum Gasteiger partial charge on any atom is 0.373 e. The lowest BCUT2D eigenvalue weighted by Crippen LogP contribution is -2.35. The number of rotatable bonds is 3. The first-order valence-electron chi connectivity index (χ1n) is 12.4. The van der Waals surface area contributed by atoms with Gasteiger partial charge in [-0.25, -0.2) is 4.99 Å². The van der Waals surface area contributed by atoms with Crippen LogP contribution in [0.5, 0.6) is 0 Å². The molecule has 3 aromatic rings. The molecule has 0 aromatic heterocycles. The fourth-order valence-corrected chi connectivity index (χ4v) is 5.39. The average molecular weight is 467 g/mol. The maximum atomic E-state index is 8.12. The monoisotopic (exact) mass is 466 g/mol. The van der Waals surface area contributed by atoms with Gasteiger partial charge in [-0.15, -0.1) is 0 Å². The van der Waals surface area contributed by atoms with Gasteiger partial charge in [0.1, 0.15) is 0 Å². The van der Waals surface area contributed by atoms with Gasteiger partial charge in [0.25, 0.3) is 0 Å². The van der Waals surface area contributed by atoms with E-state index in [9.17, 15) is 0 Å². The molecule has 1 aliphatic heterocycles. The molecule has 1 aliphatic carbocycles. The number of hydrogen-bond acceptors (Lipinski definition) is 4. The quantitative estimate of drug-likeness (QED) is 0.402. The van der Waals surface area contributed by atoms with Crippen molar-refractivity contribution in [3.8, 4) is 0 Å². The second kappa shape index (κ2) is 9.64. The minimum absolute atomic E-state index is 0.163. The summed E-state index contributed by atoms with van der Waals surface area (Å²) in [6.45, 7) is 12.9. The van der Waals surface area contributed by atoms with Crippen molar-refractivity contribution in [3.05, 3.63) is 89.0 Å². The highest BCUT2D eigenvalue weighted by Gasteiger charge is 2.39. The third kappa shape index (κ3) is 4.59. The Morgan fingerprint density at radius 3 is 2.03 bits per heavy atom. The zero-order chi connectivity index (χ0) is 25.2. The Balaban J connectivity index is 0.000000917. The van der Waals surface area contributed by atoms with Gasteiger partial charge < -0.3 is 4.90 Å². The van der Waals surface area contributed by atoms with E-state index in [-0.39, 0.29) is 17.0 Å². The van der Waals surface area contributed by atoms with Crippen LogP contribution in [0.3, 0.4) is 0 Å². The molecule has 0 amide bonds. The van der Waals surface area contributed by atoms with Crippen molar-refractivity contribution in [2.75, 3.05) is 11.4 Å². The molecule has 5 rings (SSSR count). The van der Waals surface area contributed by atoms with Crippen LogP contribution < -0.4 is 4.90 Å². The molecule has 35 heavy (non-hydrogen) atoms. The molecular formula is C31H34N2O2. The lowest BCUT2D eigenvalue weighted by Gasteiger charge is -2.43. The molecule has 1 heterocycles. The van der Waals surface area contributed by atoms with E-state index in [0.717, 1.165) is 24.4 Å². The SMILES string of the molecule is CCCN1c2ccccc2N=C(c2ccccc2)c2cc3c(cc21)C(C)(C)CCC3(C)C.O=C=O. The number of anilines is 2. The van der Waals surface area contributed by atoms with Gasteiger partial charge in [0.15, 0.2) is 0 Å². The highest BCUT2D eigenvalue weighted by Crippen LogP contribution is 2.50. The molecule has 0 saturated carbocycles. The molecule has 3 aromatic carbocycles. The molecule has 0 unspecified atom stereocenters. The van der Waals surface area contributed by atoms with Crippen LogP contribution in [0.15, 0.2) is 71.7 Å². The smallest absolute Gasteiger partial charge is 0.339 e. The van der Waals surface area contributed by atoms with Crippen LogP contribution >= 0.6 is 0 Å². The highest BCUT2D eigenvalue weighted by molar-refractivity contribution is 6.19.